The van der Waals surface area contributed by atoms with Crippen molar-refractivity contribution in [2.24, 2.45) is 5.92 Å². The number of nitrogens with one attached hydrogen (secondary N) is 2. The largest absolute Gasteiger partial charge is 0.352 e. The maximum absolute atomic E-state index is 13.7. The van der Waals surface area contributed by atoms with Crippen LogP contribution in [0, 0.1) is 26.7 Å². The standard InChI is InChI=1S/C28H33N3O4S/c1-19(2)17-29-28(33)25-8-6-7-9-26(25)30-27(32)18-31(23-15-21(4)14-22(5)16-23)36(34,35)24-12-10-20(3)11-13-24/h6-16,19H,17-18H2,1-5H3,(H,29,33)(H,30,32). The van der Waals surface area contributed by atoms with Crippen LogP contribution in [0.25, 0.3) is 0 Å². The molecule has 0 radical (unpaired) electrons. The van der Waals surface area contributed by atoms with E-state index in [2.05, 4.69) is 10.6 Å². The van der Waals surface area contributed by atoms with Gasteiger partial charge in [0, 0.05) is 6.54 Å². The number of amides is 2. The fourth-order valence-corrected chi connectivity index (χ4v) is 5.15. The van der Waals surface area contributed by atoms with E-state index < -0.39 is 22.5 Å². The van der Waals surface area contributed by atoms with Crippen LogP contribution in [0.15, 0.2) is 71.6 Å². The van der Waals surface area contributed by atoms with Gasteiger partial charge in [0.25, 0.3) is 15.9 Å². The average Bonchev–Trinajstić information content (AvgIpc) is 2.81. The summed E-state index contributed by atoms with van der Waals surface area (Å²) in [6.45, 7) is 9.64. The smallest absolute Gasteiger partial charge is 0.264 e. The van der Waals surface area contributed by atoms with Crippen molar-refractivity contribution in [2.45, 2.75) is 39.5 Å². The lowest BCUT2D eigenvalue weighted by Gasteiger charge is -2.25. The Morgan fingerprint density at radius 2 is 1.47 bits per heavy atom. The van der Waals surface area contributed by atoms with Crippen molar-refractivity contribution in [3.05, 3.63) is 89.0 Å². The predicted molar refractivity (Wildman–Crippen MR) is 144 cm³/mol. The van der Waals surface area contributed by atoms with Gasteiger partial charge in [0.1, 0.15) is 6.54 Å². The van der Waals surface area contributed by atoms with Crippen LogP contribution in [-0.2, 0) is 14.8 Å². The van der Waals surface area contributed by atoms with Gasteiger partial charge in [-0.25, -0.2) is 8.42 Å². The van der Waals surface area contributed by atoms with Crippen LogP contribution in [-0.4, -0.2) is 33.3 Å². The summed E-state index contributed by atoms with van der Waals surface area (Å²) in [6, 6.07) is 18.6. The van der Waals surface area contributed by atoms with Crippen LogP contribution < -0.4 is 14.9 Å². The van der Waals surface area contributed by atoms with Gasteiger partial charge in [-0.3, -0.25) is 13.9 Å². The van der Waals surface area contributed by atoms with E-state index in [1.54, 1.807) is 48.5 Å². The summed E-state index contributed by atoms with van der Waals surface area (Å²) < 4.78 is 28.4. The summed E-state index contributed by atoms with van der Waals surface area (Å²) in [5, 5.41) is 5.58. The number of benzene rings is 3. The van der Waals surface area contributed by atoms with Crippen LogP contribution in [0.4, 0.5) is 11.4 Å². The molecule has 0 aromatic heterocycles. The van der Waals surface area contributed by atoms with E-state index in [-0.39, 0.29) is 16.7 Å². The maximum atomic E-state index is 13.7. The monoisotopic (exact) mass is 507 g/mol. The second kappa shape index (κ2) is 11.4. The molecule has 0 heterocycles. The lowest BCUT2D eigenvalue weighted by molar-refractivity contribution is -0.114. The highest BCUT2D eigenvalue weighted by molar-refractivity contribution is 7.92. The third kappa shape index (κ3) is 6.73. The molecule has 2 amide bonds. The van der Waals surface area contributed by atoms with Gasteiger partial charge in [0.2, 0.25) is 5.91 Å². The Hall–Kier alpha value is -3.65. The number of para-hydroxylation sites is 1. The minimum absolute atomic E-state index is 0.0912. The van der Waals surface area contributed by atoms with Gasteiger partial charge < -0.3 is 10.6 Å². The average molecular weight is 508 g/mol. The molecule has 0 spiro atoms. The molecule has 0 aliphatic rings. The van der Waals surface area contributed by atoms with Gasteiger partial charge >= 0.3 is 0 Å². The second-order valence-corrected chi connectivity index (χ2v) is 11.2. The fourth-order valence-electron chi connectivity index (χ4n) is 3.75. The number of hydrogen-bond acceptors (Lipinski definition) is 4. The first-order valence-electron chi connectivity index (χ1n) is 11.8. The van der Waals surface area contributed by atoms with Crippen molar-refractivity contribution in [3.8, 4) is 0 Å². The summed E-state index contributed by atoms with van der Waals surface area (Å²) in [7, 11) is -4.04. The Balaban J connectivity index is 1.93. The molecule has 3 rings (SSSR count). The first kappa shape index (κ1) is 26.9. The lowest BCUT2D eigenvalue weighted by Crippen LogP contribution is -2.38. The molecule has 0 atom stereocenters. The van der Waals surface area contributed by atoms with Crippen LogP contribution in [0.2, 0.25) is 0 Å². The molecule has 7 nitrogen and oxygen atoms in total. The number of hydrogen-bond donors (Lipinski definition) is 2. The van der Waals surface area contributed by atoms with E-state index in [1.807, 2.05) is 40.7 Å². The minimum Gasteiger partial charge on any atom is -0.352 e. The van der Waals surface area contributed by atoms with E-state index in [0.29, 0.717) is 23.5 Å². The van der Waals surface area contributed by atoms with E-state index in [9.17, 15) is 18.0 Å². The van der Waals surface area contributed by atoms with E-state index >= 15 is 0 Å². The van der Waals surface area contributed by atoms with Crippen LogP contribution in [0.3, 0.4) is 0 Å². The Morgan fingerprint density at radius 1 is 0.861 bits per heavy atom. The van der Waals surface area contributed by atoms with Crippen molar-refractivity contribution in [1.82, 2.24) is 5.32 Å². The first-order chi connectivity index (χ1) is 17.0. The quantitative estimate of drug-likeness (QED) is 0.434. The van der Waals surface area contributed by atoms with E-state index in [0.717, 1.165) is 21.0 Å². The molecule has 190 valence electrons. The maximum Gasteiger partial charge on any atom is 0.264 e. The van der Waals surface area contributed by atoms with Gasteiger partial charge in [0.05, 0.1) is 21.8 Å². The van der Waals surface area contributed by atoms with E-state index in [1.165, 1.54) is 12.1 Å². The summed E-state index contributed by atoms with van der Waals surface area (Å²) in [4.78, 5) is 26.0. The molecule has 2 N–H and O–H groups in total. The zero-order valence-corrected chi connectivity index (χ0v) is 22.1. The highest BCUT2D eigenvalue weighted by Crippen LogP contribution is 2.26. The molecule has 0 fully saturated rings. The highest BCUT2D eigenvalue weighted by atomic mass is 32.2. The third-order valence-electron chi connectivity index (χ3n) is 5.51. The lowest BCUT2D eigenvalue weighted by atomic mass is 10.1. The van der Waals surface area contributed by atoms with Crippen molar-refractivity contribution >= 4 is 33.2 Å². The topological polar surface area (TPSA) is 95.6 Å². The number of aryl methyl sites for hydroxylation is 3. The molecule has 36 heavy (non-hydrogen) atoms. The molecule has 0 aliphatic heterocycles. The zero-order chi connectivity index (χ0) is 26.5. The Bertz CT molecular complexity index is 1330. The van der Waals surface area contributed by atoms with Gasteiger partial charge in [0.15, 0.2) is 0 Å². The zero-order valence-electron chi connectivity index (χ0n) is 21.3. The molecule has 0 saturated heterocycles. The molecule has 0 bridgehead atoms. The van der Waals surface area contributed by atoms with Gasteiger partial charge in [-0.15, -0.1) is 0 Å². The number of rotatable bonds is 9. The molecule has 8 heteroatoms. The van der Waals surface area contributed by atoms with Gasteiger partial charge in [-0.2, -0.15) is 0 Å². The van der Waals surface area contributed by atoms with Gasteiger partial charge in [-0.05, 0) is 74.2 Å². The molecular formula is C28H33N3O4S. The number of nitrogens with zero attached hydrogens (tertiary/aromatic N) is 1. The number of carbonyl (C=O) groups is 2. The summed E-state index contributed by atoms with van der Waals surface area (Å²) in [5.74, 6) is -0.596. The van der Waals surface area contributed by atoms with Crippen molar-refractivity contribution in [3.63, 3.8) is 0 Å². The number of anilines is 2. The highest BCUT2D eigenvalue weighted by Gasteiger charge is 2.28. The summed E-state index contributed by atoms with van der Waals surface area (Å²) >= 11 is 0. The molecule has 0 saturated carbocycles. The Kier molecular flexibility index (Phi) is 8.53. The summed E-state index contributed by atoms with van der Waals surface area (Å²) in [6.07, 6.45) is 0. The van der Waals surface area contributed by atoms with Crippen LogP contribution >= 0.6 is 0 Å². The molecule has 0 unspecified atom stereocenters. The van der Waals surface area contributed by atoms with E-state index in [4.69, 9.17) is 0 Å². The Morgan fingerprint density at radius 3 is 2.08 bits per heavy atom. The van der Waals surface area contributed by atoms with Crippen molar-refractivity contribution in [1.29, 1.82) is 0 Å². The molecule has 3 aromatic carbocycles. The minimum atomic E-state index is -4.04. The molecular weight excluding hydrogens is 474 g/mol. The third-order valence-corrected chi connectivity index (χ3v) is 7.30. The number of carbonyl (C=O) groups excluding carboxylic acids is 2. The van der Waals surface area contributed by atoms with Gasteiger partial charge in [-0.1, -0.05) is 49.7 Å². The fraction of sp³-hybridized carbons (Fsp3) is 0.286. The molecule has 3 aromatic rings. The SMILES string of the molecule is Cc1ccc(S(=O)(=O)N(CC(=O)Nc2ccccc2C(=O)NCC(C)C)c2cc(C)cc(C)c2)cc1. The first-order valence-corrected chi connectivity index (χ1v) is 13.3. The van der Waals surface area contributed by atoms with Crippen LogP contribution in [0.1, 0.15) is 40.9 Å². The summed E-state index contributed by atoms with van der Waals surface area (Å²) in [5.41, 5.74) is 3.70. The second-order valence-electron chi connectivity index (χ2n) is 9.37. The predicted octanol–water partition coefficient (Wildman–Crippen LogP) is 4.83. The van der Waals surface area contributed by atoms with Crippen LogP contribution in [0.5, 0.6) is 0 Å². The van der Waals surface area contributed by atoms with Crippen molar-refractivity contribution < 1.29 is 18.0 Å². The molecule has 0 aliphatic carbocycles. The Labute approximate surface area is 213 Å². The normalized spacial score (nSPS) is 11.3. The number of sulfonamides is 1. The van der Waals surface area contributed by atoms with Crippen molar-refractivity contribution in [2.75, 3.05) is 22.7 Å².